The number of aliphatic imine (C=N–C) groups is 1. The van der Waals surface area contributed by atoms with E-state index in [1.807, 2.05) is 54.6 Å². The number of nitrogens with zero attached hydrogens (tertiary/aromatic N) is 1. The topological polar surface area (TPSA) is 32.6 Å². The Kier molecular flexibility index (Phi) is 5.48. The molecule has 132 valence electrons. The van der Waals surface area contributed by atoms with E-state index in [1.54, 1.807) is 18.0 Å². The molecule has 0 atom stereocenters. The van der Waals surface area contributed by atoms with Crippen molar-refractivity contribution in [3.8, 4) is 5.75 Å². The maximum absolute atomic E-state index is 10.6. The van der Waals surface area contributed by atoms with Crippen LogP contribution >= 0.6 is 11.8 Å². The maximum atomic E-state index is 10.6. The van der Waals surface area contributed by atoms with Crippen LogP contribution in [0.25, 0.3) is 0 Å². The predicted octanol–water partition coefficient (Wildman–Crippen LogP) is 6.59. The molecule has 0 aliphatic rings. The Morgan fingerprint density at radius 3 is 2.27 bits per heavy atom. The zero-order valence-electron chi connectivity index (χ0n) is 15.3. The molecule has 0 saturated heterocycles. The van der Waals surface area contributed by atoms with Crippen LogP contribution in [0, 0.1) is 0 Å². The van der Waals surface area contributed by atoms with E-state index < -0.39 is 0 Å². The van der Waals surface area contributed by atoms with Gasteiger partial charge in [0.25, 0.3) is 0 Å². The quantitative estimate of drug-likeness (QED) is 0.532. The van der Waals surface area contributed by atoms with Crippen molar-refractivity contribution < 1.29 is 5.11 Å². The molecule has 0 aromatic heterocycles. The minimum atomic E-state index is -0.116. The van der Waals surface area contributed by atoms with Gasteiger partial charge in [0.2, 0.25) is 0 Å². The van der Waals surface area contributed by atoms with Gasteiger partial charge in [0.1, 0.15) is 5.75 Å². The van der Waals surface area contributed by atoms with Gasteiger partial charge in [-0.3, -0.25) is 4.99 Å². The highest BCUT2D eigenvalue weighted by molar-refractivity contribution is 7.99. The molecule has 0 fully saturated rings. The van der Waals surface area contributed by atoms with Gasteiger partial charge < -0.3 is 5.11 Å². The van der Waals surface area contributed by atoms with E-state index in [1.165, 1.54) is 4.90 Å². The van der Waals surface area contributed by atoms with Crippen LogP contribution in [-0.4, -0.2) is 11.3 Å². The highest BCUT2D eigenvalue weighted by atomic mass is 32.2. The van der Waals surface area contributed by atoms with E-state index in [9.17, 15) is 5.11 Å². The number of hydrogen-bond donors (Lipinski definition) is 1. The van der Waals surface area contributed by atoms with E-state index in [-0.39, 0.29) is 5.41 Å². The highest BCUT2D eigenvalue weighted by Gasteiger charge is 2.19. The number of aromatic hydroxyl groups is 1. The summed E-state index contributed by atoms with van der Waals surface area (Å²) in [6.45, 7) is 6.28. The van der Waals surface area contributed by atoms with Crippen LogP contribution < -0.4 is 0 Å². The van der Waals surface area contributed by atoms with Crippen LogP contribution in [0.5, 0.6) is 5.75 Å². The van der Waals surface area contributed by atoms with Gasteiger partial charge in [-0.1, -0.05) is 75.0 Å². The van der Waals surface area contributed by atoms with Gasteiger partial charge in [0, 0.05) is 21.6 Å². The van der Waals surface area contributed by atoms with Crippen LogP contribution in [0.4, 0.5) is 5.69 Å². The van der Waals surface area contributed by atoms with Crippen LogP contribution in [0.15, 0.2) is 87.6 Å². The van der Waals surface area contributed by atoms with Crippen molar-refractivity contribution in [2.45, 2.75) is 36.0 Å². The lowest BCUT2D eigenvalue weighted by atomic mass is 9.85. The van der Waals surface area contributed by atoms with Crippen LogP contribution in [-0.2, 0) is 5.41 Å². The zero-order chi connectivity index (χ0) is 18.6. The number of hydrogen-bond acceptors (Lipinski definition) is 3. The Balaban J connectivity index is 1.91. The molecule has 1 N–H and O–H groups in total. The summed E-state index contributed by atoms with van der Waals surface area (Å²) in [5.41, 5.74) is 2.43. The molecule has 0 aliphatic heterocycles. The first kappa shape index (κ1) is 18.3. The van der Waals surface area contributed by atoms with Gasteiger partial charge in [-0.05, 0) is 41.3 Å². The standard InChI is InChI=1S/C23H23NOS/c1-23(2,3)19-13-9-10-17(22(19)25)16-24-20-14-7-8-15-21(20)26-18-11-5-4-6-12-18/h4-16,25H,1-3H3. The Morgan fingerprint density at radius 1 is 0.846 bits per heavy atom. The SMILES string of the molecule is CC(C)(C)c1cccc(C=Nc2ccccc2Sc2ccccc2)c1O. The fraction of sp³-hybridized carbons (Fsp3) is 0.174. The molecule has 0 spiro atoms. The monoisotopic (exact) mass is 361 g/mol. The molecule has 3 aromatic carbocycles. The summed E-state index contributed by atoms with van der Waals surface area (Å²) in [5.74, 6) is 0.303. The van der Waals surface area contributed by atoms with Crippen molar-refractivity contribution in [1.82, 2.24) is 0 Å². The van der Waals surface area contributed by atoms with Gasteiger partial charge in [0.15, 0.2) is 0 Å². The number of phenolic OH excluding ortho intramolecular Hbond substituents is 1. The van der Waals surface area contributed by atoms with E-state index in [4.69, 9.17) is 0 Å². The van der Waals surface area contributed by atoms with Gasteiger partial charge in [-0.2, -0.15) is 0 Å². The van der Waals surface area contributed by atoms with E-state index in [0.29, 0.717) is 5.75 Å². The first-order valence-corrected chi connectivity index (χ1v) is 9.45. The van der Waals surface area contributed by atoms with Crippen molar-refractivity contribution in [1.29, 1.82) is 0 Å². The van der Waals surface area contributed by atoms with Crippen molar-refractivity contribution in [3.63, 3.8) is 0 Å². The van der Waals surface area contributed by atoms with Crippen molar-refractivity contribution in [2.75, 3.05) is 0 Å². The lowest BCUT2D eigenvalue weighted by Gasteiger charge is -2.21. The fourth-order valence-electron chi connectivity index (χ4n) is 2.68. The Bertz CT molecular complexity index is 911. The third-order valence-corrected chi connectivity index (χ3v) is 5.13. The predicted molar refractivity (Wildman–Crippen MR) is 111 cm³/mol. The van der Waals surface area contributed by atoms with Gasteiger partial charge in [-0.25, -0.2) is 0 Å². The normalized spacial score (nSPS) is 11.8. The van der Waals surface area contributed by atoms with Crippen LogP contribution in [0.2, 0.25) is 0 Å². The third kappa shape index (κ3) is 4.36. The summed E-state index contributed by atoms with van der Waals surface area (Å²) in [4.78, 5) is 6.91. The van der Waals surface area contributed by atoms with E-state index in [2.05, 4.69) is 44.0 Å². The van der Waals surface area contributed by atoms with Gasteiger partial charge >= 0.3 is 0 Å². The average molecular weight is 362 g/mol. The molecule has 0 saturated carbocycles. The summed E-state index contributed by atoms with van der Waals surface area (Å²) >= 11 is 1.68. The molecular weight excluding hydrogens is 338 g/mol. The van der Waals surface area contributed by atoms with Crippen molar-refractivity contribution >= 4 is 23.7 Å². The first-order valence-electron chi connectivity index (χ1n) is 8.63. The summed E-state index contributed by atoms with van der Waals surface area (Å²) < 4.78 is 0. The molecule has 0 aliphatic carbocycles. The second-order valence-corrected chi connectivity index (χ2v) is 8.25. The largest absolute Gasteiger partial charge is 0.507 e. The lowest BCUT2D eigenvalue weighted by molar-refractivity contribution is 0.446. The van der Waals surface area contributed by atoms with Gasteiger partial charge in [0.05, 0.1) is 5.69 Å². The molecule has 0 bridgehead atoms. The summed E-state index contributed by atoms with van der Waals surface area (Å²) in [6.07, 6.45) is 1.74. The second-order valence-electron chi connectivity index (χ2n) is 7.13. The average Bonchev–Trinajstić information content (AvgIpc) is 2.62. The first-order chi connectivity index (χ1) is 12.4. The minimum absolute atomic E-state index is 0.116. The molecule has 0 amide bonds. The summed E-state index contributed by atoms with van der Waals surface area (Å²) in [6, 6.07) is 24.1. The molecular formula is C23H23NOS. The Hall–Kier alpha value is -2.52. The van der Waals surface area contributed by atoms with Crippen molar-refractivity contribution in [3.05, 3.63) is 83.9 Å². The molecule has 2 nitrogen and oxygen atoms in total. The molecule has 3 aromatic rings. The van der Waals surface area contributed by atoms with Crippen LogP contribution in [0.1, 0.15) is 31.9 Å². The van der Waals surface area contributed by atoms with E-state index in [0.717, 1.165) is 21.7 Å². The molecule has 3 rings (SSSR count). The number of para-hydroxylation sites is 2. The molecule has 3 heteroatoms. The van der Waals surface area contributed by atoms with Crippen LogP contribution in [0.3, 0.4) is 0 Å². The second kappa shape index (κ2) is 7.79. The smallest absolute Gasteiger partial charge is 0.128 e. The van der Waals surface area contributed by atoms with Gasteiger partial charge in [-0.15, -0.1) is 0 Å². The van der Waals surface area contributed by atoms with E-state index >= 15 is 0 Å². The third-order valence-electron chi connectivity index (χ3n) is 4.05. The highest BCUT2D eigenvalue weighted by Crippen LogP contribution is 2.36. The number of benzene rings is 3. The fourth-order valence-corrected chi connectivity index (χ4v) is 3.59. The molecule has 0 heterocycles. The zero-order valence-corrected chi connectivity index (χ0v) is 16.1. The Morgan fingerprint density at radius 2 is 1.54 bits per heavy atom. The lowest BCUT2D eigenvalue weighted by Crippen LogP contribution is -2.11. The minimum Gasteiger partial charge on any atom is -0.507 e. The number of phenols is 1. The summed E-state index contributed by atoms with van der Waals surface area (Å²) in [5, 5.41) is 10.6. The molecule has 26 heavy (non-hydrogen) atoms. The maximum Gasteiger partial charge on any atom is 0.128 e. The Labute approximate surface area is 159 Å². The summed E-state index contributed by atoms with van der Waals surface area (Å²) in [7, 11) is 0. The molecule has 0 unspecified atom stereocenters. The number of rotatable bonds is 4. The molecule has 0 radical (unpaired) electrons. The van der Waals surface area contributed by atoms with Crippen molar-refractivity contribution in [2.24, 2.45) is 4.99 Å².